The van der Waals surface area contributed by atoms with Crippen molar-refractivity contribution in [2.45, 2.75) is 32.8 Å². The monoisotopic (exact) mass is 266 g/mol. The summed E-state index contributed by atoms with van der Waals surface area (Å²) in [6, 6.07) is 7.04. The Morgan fingerprint density at radius 2 is 1.74 bits per heavy atom. The first-order valence-electron chi connectivity index (χ1n) is 6.08. The third-order valence-electron chi connectivity index (χ3n) is 2.55. The largest absolute Gasteiger partial charge is 0.491 e. The van der Waals surface area contributed by atoms with E-state index in [2.05, 4.69) is 0 Å². The number of rotatable bonds is 7. The molecule has 5 heteroatoms. The zero-order valence-corrected chi connectivity index (χ0v) is 11.0. The summed E-state index contributed by atoms with van der Waals surface area (Å²) in [5.74, 6) is -2.39. The Morgan fingerprint density at radius 1 is 1.16 bits per heavy atom. The second-order valence-corrected chi connectivity index (χ2v) is 4.65. The molecule has 1 rings (SSSR count). The van der Waals surface area contributed by atoms with Gasteiger partial charge in [0.2, 0.25) is 0 Å². The van der Waals surface area contributed by atoms with Gasteiger partial charge in [0.1, 0.15) is 5.75 Å². The lowest BCUT2D eigenvalue weighted by Gasteiger charge is -2.12. The van der Waals surface area contributed by atoms with Crippen LogP contribution in [-0.2, 0) is 16.0 Å². The summed E-state index contributed by atoms with van der Waals surface area (Å²) in [5, 5.41) is 17.6. The van der Waals surface area contributed by atoms with Crippen LogP contribution >= 0.6 is 0 Å². The maximum absolute atomic E-state index is 11.0. The fraction of sp³-hybridized carbons (Fsp3) is 0.429. The van der Waals surface area contributed by atoms with Crippen molar-refractivity contribution in [2.24, 2.45) is 5.92 Å². The number of benzene rings is 1. The van der Waals surface area contributed by atoms with Crippen LogP contribution in [0.25, 0.3) is 0 Å². The highest BCUT2D eigenvalue weighted by molar-refractivity contribution is 5.78. The fourth-order valence-corrected chi connectivity index (χ4v) is 1.72. The molecule has 104 valence electrons. The van der Waals surface area contributed by atoms with Gasteiger partial charge in [-0.1, -0.05) is 12.1 Å². The van der Waals surface area contributed by atoms with Gasteiger partial charge in [-0.25, -0.2) is 0 Å². The van der Waals surface area contributed by atoms with Crippen molar-refractivity contribution in [3.63, 3.8) is 0 Å². The molecule has 19 heavy (non-hydrogen) atoms. The molecule has 0 saturated carbocycles. The third-order valence-corrected chi connectivity index (χ3v) is 2.55. The van der Waals surface area contributed by atoms with Gasteiger partial charge >= 0.3 is 11.9 Å². The van der Waals surface area contributed by atoms with E-state index in [-0.39, 0.29) is 18.9 Å². The number of carbonyl (C=O) groups is 2. The zero-order chi connectivity index (χ0) is 14.4. The van der Waals surface area contributed by atoms with Gasteiger partial charge in [0.25, 0.3) is 0 Å². The van der Waals surface area contributed by atoms with Crippen LogP contribution in [0.5, 0.6) is 5.75 Å². The molecule has 0 unspecified atom stereocenters. The molecule has 0 aliphatic carbocycles. The molecule has 0 aromatic heterocycles. The summed E-state index contributed by atoms with van der Waals surface area (Å²) in [4.78, 5) is 21.6. The van der Waals surface area contributed by atoms with Crippen LogP contribution in [0.4, 0.5) is 0 Å². The molecule has 1 aromatic rings. The Bertz CT molecular complexity index is 436. The molecule has 1 atom stereocenters. The Morgan fingerprint density at radius 3 is 2.16 bits per heavy atom. The van der Waals surface area contributed by atoms with Crippen LogP contribution in [0.3, 0.4) is 0 Å². The van der Waals surface area contributed by atoms with Crippen molar-refractivity contribution in [3.05, 3.63) is 29.8 Å². The molecule has 0 spiro atoms. The quantitative estimate of drug-likeness (QED) is 0.790. The van der Waals surface area contributed by atoms with Gasteiger partial charge < -0.3 is 14.9 Å². The van der Waals surface area contributed by atoms with E-state index in [1.54, 1.807) is 24.3 Å². The highest BCUT2D eigenvalue weighted by Crippen LogP contribution is 2.18. The number of carboxylic acids is 2. The predicted molar refractivity (Wildman–Crippen MR) is 69.3 cm³/mol. The molecule has 0 aliphatic rings. The summed E-state index contributed by atoms with van der Waals surface area (Å²) >= 11 is 0. The van der Waals surface area contributed by atoms with Gasteiger partial charge in [-0.15, -0.1) is 0 Å². The van der Waals surface area contributed by atoms with Gasteiger partial charge in [-0.2, -0.15) is 0 Å². The molecule has 1 aromatic carbocycles. The number of ether oxygens (including phenoxy) is 1. The maximum atomic E-state index is 11.0. The highest BCUT2D eigenvalue weighted by Gasteiger charge is 2.21. The normalized spacial score (nSPS) is 12.2. The topological polar surface area (TPSA) is 83.8 Å². The summed E-state index contributed by atoms with van der Waals surface area (Å²) < 4.78 is 5.48. The molecule has 0 fully saturated rings. The van der Waals surface area contributed by atoms with Crippen molar-refractivity contribution in [2.75, 3.05) is 0 Å². The summed E-state index contributed by atoms with van der Waals surface area (Å²) in [6.45, 7) is 3.84. The van der Waals surface area contributed by atoms with Crippen LogP contribution in [0.2, 0.25) is 0 Å². The van der Waals surface area contributed by atoms with E-state index >= 15 is 0 Å². The first-order chi connectivity index (χ1) is 8.88. The number of hydrogen-bond acceptors (Lipinski definition) is 3. The Hall–Kier alpha value is -2.04. The fourth-order valence-electron chi connectivity index (χ4n) is 1.72. The van der Waals surface area contributed by atoms with Crippen LogP contribution in [0, 0.1) is 5.92 Å². The smallest absolute Gasteiger partial charge is 0.307 e. The SMILES string of the molecule is CC(C)Oc1ccc(C[C@H](CC(=O)O)C(=O)O)cc1. The second-order valence-electron chi connectivity index (χ2n) is 4.65. The highest BCUT2D eigenvalue weighted by atomic mass is 16.5. The molecule has 0 amide bonds. The van der Waals surface area contributed by atoms with Gasteiger partial charge in [-0.3, -0.25) is 9.59 Å². The Kier molecular flexibility index (Phi) is 5.36. The molecular weight excluding hydrogens is 248 g/mol. The predicted octanol–water partition coefficient (Wildman–Crippen LogP) is 2.19. The lowest BCUT2D eigenvalue weighted by molar-refractivity contribution is -0.148. The first-order valence-corrected chi connectivity index (χ1v) is 6.08. The van der Waals surface area contributed by atoms with Crippen molar-refractivity contribution in [1.29, 1.82) is 0 Å². The first kappa shape index (κ1) is 15.0. The molecule has 0 saturated heterocycles. The van der Waals surface area contributed by atoms with Crippen LogP contribution in [-0.4, -0.2) is 28.3 Å². The average molecular weight is 266 g/mol. The molecule has 0 aliphatic heterocycles. The van der Waals surface area contributed by atoms with E-state index in [1.165, 1.54) is 0 Å². The minimum Gasteiger partial charge on any atom is -0.491 e. The van der Waals surface area contributed by atoms with E-state index < -0.39 is 17.9 Å². The van der Waals surface area contributed by atoms with E-state index in [4.69, 9.17) is 14.9 Å². The Labute approximate surface area is 111 Å². The van der Waals surface area contributed by atoms with Gasteiger partial charge in [-0.05, 0) is 38.0 Å². The Balaban J connectivity index is 2.69. The van der Waals surface area contributed by atoms with Crippen LogP contribution < -0.4 is 4.74 Å². The average Bonchev–Trinajstić information content (AvgIpc) is 2.29. The van der Waals surface area contributed by atoms with E-state index in [9.17, 15) is 9.59 Å². The maximum Gasteiger partial charge on any atom is 0.307 e. The minimum absolute atomic E-state index is 0.0737. The van der Waals surface area contributed by atoms with E-state index in [0.717, 1.165) is 5.56 Å². The zero-order valence-electron chi connectivity index (χ0n) is 11.0. The van der Waals surface area contributed by atoms with Crippen molar-refractivity contribution in [1.82, 2.24) is 0 Å². The minimum atomic E-state index is -1.10. The summed E-state index contributed by atoms with van der Waals surface area (Å²) in [6.07, 6.45) is -0.104. The summed E-state index contributed by atoms with van der Waals surface area (Å²) in [7, 11) is 0. The van der Waals surface area contributed by atoms with E-state index in [1.807, 2.05) is 13.8 Å². The standard InChI is InChI=1S/C14H18O5/c1-9(2)19-12-5-3-10(4-6-12)7-11(14(17)18)8-13(15)16/h3-6,9,11H,7-8H2,1-2H3,(H,15,16)(H,17,18)/t11-/m1/s1. The van der Waals surface area contributed by atoms with Gasteiger partial charge in [0, 0.05) is 0 Å². The molecule has 5 nitrogen and oxygen atoms in total. The number of hydrogen-bond donors (Lipinski definition) is 2. The lowest BCUT2D eigenvalue weighted by atomic mass is 9.96. The van der Waals surface area contributed by atoms with Crippen molar-refractivity contribution in [3.8, 4) is 5.75 Å². The van der Waals surface area contributed by atoms with Crippen LogP contribution in [0.15, 0.2) is 24.3 Å². The molecule has 0 heterocycles. The second kappa shape index (κ2) is 6.78. The number of aliphatic carboxylic acids is 2. The van der Waals surface area contributed by atoms with Crippen molar-refractivity contribution >= 4 is 11.9 Å². The van der Waals surface area contributed by atoms with E-state index in [0.29, 0.717) is 5.75 Å². The summed E-state index contributed by atoms with van der Waals surface area (Å²) in [5.41, 5.74) is 0.782. The lowest BCUT2D eigenvalue weighted by Crippen LogP contribution is -2.20. The van der Waals surface area contributed by atoms with Crippen molar-refractivity contribution < 1.29 is 24.5 Å². The molecule has 2 N–H and O–H groups in total. The molecule has 0 radical (unpaired) electrons. The van der Waals surface area contributed by atoms with Gasteiger partial charge in [0.05, 0.1) is 18.4 Å². The van der Waals surface area contributed by atoms with Crippen LogP contribution in [0.1, 0.15) is 25.8 Å². The third kappa shape index (κ3) is 5.42. The number of carboxylic acid groups (broad SMARTS) is 2. The molecule has 0 bridgehead atoms. The molecular formula is C14H18O5. The van der Waals surface area contributed by atoms with Gasteiger partial charge in [0.15, 0.2) is 0 Å².